The summed E-state index contributed by atoms with van der Waals surface area (Å²) in [7, 11) is 0. The predicted molar refractivity (Wildman–Crippen MR) is 117 cm³/mol. The third-order valence-electron chi connectivity index (χ3n) is 5.15. The molecular weight excluding hydrogens is 367 g/mol. The van der Waals surface area contributed by atoms with Gasteiger partial charge in [-0.25, -0.2) is 0 Å². The van der Waals surface area contributed by atoms with Gasteiger partial charge in [0.15, 0.2) is 0 Å². The number of hydrogen-bond donors (Lipinski definition) is 2. The zero-order valence-electron chi connectivity index (χ0n) is 16.2. The van der Waals surface area contributed by atoms with Crippen molar-refractivity contribution in [3.8, 4) is 0 Å². The SMILES string of the molecule is CCCCCC(NCCCN1CCCCC1)C(O)c1ccccc1.Cl.Cl. The smallest absolute Gasteiger partial charge is 0.0942 e. The molecular formula is C21H38Cl2N2O. The van der Waals surface area contributed by atoms with Gasteiger partial charge < -0.3 is 15.3 Å². The number of benzene rings is 1. The lowest BCUT2D eigenvalue weighted by Crippen LogP contribution is -2.38. The molecule has 0 aliphatic carbocycles. The quantitative estimate of drug-likeness (QED) is 0.510. The minimum absolute atomic E-state index is 0. The van der Waals surface area contributed by atoms with E-state index in [1.54, 1.807) is 0 Å². The Hall–Kier alpha value is -0.320. The number of aliphatic hydroxyl groups excluding tert-OH is 1. The number of unbranched alkanes of at least 4 members (excludes halogenated alkanes) is 2. The summed E-state index contributed by atoms with van der Waals surface area (Å²) in [6, 6.07) is 10.3. The first kappa shape index (κ1) is 25.7. The zero-order chi connectivity index (χ0) is 17.0. The molecule has 1 aromatic carbocycles. The van der Waals surface area contributed by atoms with Crippen LogP contribution in [0.15, 0.2) is 30.3 Å². The second kappa shape index (κ2) is 15.7. The fraction of sp³-hybridized carbons (Fsp3) is 0.714. The number of rotatable bonds is 11. The van der Waals surface area contributed by atoms with Crippen LogP contribution in [0.5, 0.6) is 0 Å². The van der Waals surface area contributed by atoms with Gasteiger partial charge in [0.05, 0.1) is 6.10 Å². The lowest BCUT2D eigenvalue weighted by atomic mass is 9.97. The van der Waals surface area contributed by atoms with E-state index in [1.165, 1.54) is 64.6 Å². The highest BCUT2D eigenvalue weighted by Crippen LogP contribution is 2.20. The second-order valence-corrected chi connectivity index (χ2v) is 7.17. The molecule has 1 aromatic rings. The van der Waals surface area contributed by atoms with Crippen molar-refractivity contribution in [3.63, 3.8) is 0 Å². The first-order valence-corrected chi connectivity index (χ1v) is 10.00. The molecule has 1 heterocycles. The Morgan fingerprint density at radius 1 is 1.00 bits per heavy atom. The Morgan fingerprint density at radius 2 is 1.69 bits per heavy atom. The summed E-state index contributed by atoms with van der Waals surface area (Å²) in [5, 5.41) is 14.4. The molecule has 2 unspecified atom stereocenters. The first-order chi connectivity index (χ1) is 11.8. The van der Waals surface area contributed by atoms with Crippen LogP contribution in [0, 0.1) is 0 Å². The highest BCUT2D eigenvalue weighted by atomic mass is 35.5. The standard InChI is InChI=1S/C21H36N2O.2ClH/c1-2-3-6-14-20(21(24)19-12-7-4-8-13-19)22-15-11-18-23-16-9-5-10-17-23;;/h4,7-8,12-13,20-22,24H,2-3,5-6,9-11,14-18H2,1H3;2*1H. The van der Waals surface area contributed by atoms with Gasteiger partial charge in [-0.05, 0) is 57.4 Å². The van der Waals surface area contributed by atoms with E-state index in [0.717, 1.165) is 18.5 Å². The minimum atomic E-state index is -0.405. The Labute approximate surface area is 172 Å². The van der Waals surface area contributed by atoms with Gasteiger partial charge in [-0.15, -0.1) is 24.8 Å². The van der Waals surface area contributed by atoms with Gasteiger partial charge >= 0.3 is 0 Å². The summed E-state index contributed by atoms with van der Waals surface area (Å²) in [4.78, 5) is 2.59. The number of hydrogen-bond acceptors (Lipinski definition) is 3. The summed E-state index contributed by atoms with van der Waals surface area (Å²) in [6.07, 6.45) is 9.59. The van der Waals surface area contributed by atoms with E-state index in [2.05, 4.69) is 17.1 Å². The molecule has 26 heavy (non-hydrogen) atoms. The molecule has 0 amide bonds. The maximum absolute atomic E-state index is 10.8. The van der Waals surface area contributed by atoms with E-state index in [4.69, 9.17) is 0 Å². The van der Waals surface area contributed by atoms with Gasteiger partial charge in [0.2, 0.25) is 0 Å². The van der Waals surface area contributed by atoms with Gasteiger partial charge in [-0.2, -0.15) is 0 Å². The van der Waals surface area contributed by atoms with Crippen molar-refractivity contribution in [2.45, 2.75) is 70.4 Å². The van der Waals surface area contributed by atoms with Crippen molar-refractivity contribution >= 4 is 24.8 Å². The monoisotopic (exact) mass is 404 g/mol. The van der Waals surface area contributed by atoms with E-state index < -0.39 is 6.10 Å². The van der Waals surface area contributed by atoms with E-state index in [-0.39, 0.29) is 30.9 Å². The molecule has 1 aliphatic rings. The van der Waals surface area contributed by atoms with Crippen LogP contribution in [0.1, 0.15) is 70.0 Å². The number of nitrogens with one attached hydrogen (secondary N) is 1. The minimum Gasteiger partial charge on any atom is -0.387 e. The molecule has 1 saturated heterocycles. The van der Waals surface area contributed by atoms with Crippen molar-refractivity contribution in [2.24, 2.45) is 0 Å². The molecule has 2 N–H and O–H groups in total. The molecule has 1 aliphatic heterocycles. The van der Waals surface area contributed by atoms with E-state index >= 15 is 0 Å². The molecule has 2 atom stereocenters. The predicted octanol–water partition coefficient (Wildman–Crippen LogP) is 4.98. The lowest BCUT2D eigenvalue weighted by Gasteiger charge is -2.28. The van der Waals surface area contributed by atoms with Crippen LogP contribution >= 0.6 is 24.8 Å². The number of piperidine rings is 1. The van der Waals surface area contributed by atoms with Crippen LogP contribution in [0.4, 0.5) is 0 Å². The number of nitrogens with zero attached hydrogens (tertiary/aromatic N) is 1. The van der Waals surface area contributed by atoms with Crippen LogP contribution in [0.25, 0.3) is 0 Å². The summed E-state index contributed by atoms with van der Waals surface area (Å²) < 4.78 is 0. The highest BCUT2D eigenvalue weighted by molar-refractivity contribution is 5.85. The van der Waals surface area contributed by atoms with Crippen LogP contribution in [0.3, 0.4) is 0 Å². The van der Waals surface area contributed by atoms with Crippen molar-refractivity contribution in [1.82, 2.24) is 10.2 Å². The number of likely N-dealkylation sites (tertiary alicyclic amines) is 1. The Bertz CT molecular complexity index is 427. The normalized spacial score (nSPS) is 17.0. The Balaban J connectivity index is 0.00000312. The molecule has 3 nitrogen and oxygen atoms in total. The van der Waals surface area contributed by atoms with E-state index in [0.29, 0.717) is 0 Å². The van der Waals surface area contributed by atoms with Crippen LogP contribution < -0.4 is 5.32 Å². The summed E-state index contributed by atoms with van der Waals surface area (Å²) >= 11 is 0. The topological polar surface area (TPSA) is 35.5 Å². The Morgan fingerprint density at radius 3 is 2.35 bits per heavy atom. The fourth-order valence-corrected chi connectivity index (χ4v) is 3.64. The van der Waals surface area contributed by atoms with Gasteiger partial charge in [0.1, 0.15) is 0 Å². The van der Waals surface area contributed by atoms with Gasteiger partial charge in [-0.1, -0.05) is 62.9 Å². The van der Waals surface area contributed by atoms with Gasteiger partial charge in [0, 0.05) is 6.04 Å². The van der Waals surface area contributed by atoms with Crippen molar-refractivity contribution < 1.29 is 5.11 Å². The van der Waals surface area contributed by atoms with Crippen molar-refractivity contribution in [2.75, 3.05) is 26.2 Å². The van der Waals surface area contributed by atoms with Gasteiger partial charge in [-0.3, -0.25) is 0 Å². The third kappa shape index (κ3) is 9.57. The summed E-state index contributed by atoms with van der Waals surface area (Å²) in [6.45, 7) is 6.96. The summed E-state index contributed by atoms with van der Waals surface area (Å²) in [5.74, 6) is 0. The maximum Gasteiger partial charge on any atom is 0.0942 e. The average Bonchev–Trinajstić information content (AvgIpc) is 2.65. The van der Waals surface area contributed by atoms with Crippen LogP contribution in [-0.2, 0) is 0 Å². The van der Waals surface area contributed by atoms with Gasteiger partial charge in [0.25, 0.3) is 0 Å². The fourth-order valence-electron chi connectivity index (χ4n) is 3.64. The largest absolute Gasteiger partial charge is 0.387 e. The average molecular weight is 405 g/mol. The molecule has 0 radical (unpaired) electrons. The first-order valence-electron chi connectivity index (χ1n) is 10.00. The van der Waals surface area contributed by atoms with Crippen molar-refractivity contribution in [3.05, 3.63) is 35.9 Å². The van der Waals surface area contributed by atoms with Crippen LogP contribution in [0.2, 0.25) is 0 Å². The molecule has 5 heteroatoms. The molecule has 0 spiro atoms. The zero-order valence-corrected chi connectivity index (χ0v) is 17.9. The van der Waals surface area contributed by atoms with Crippen LogP contribution in [-0.4, -0.2) is 42.2 Å². The lowest BCUT2D eigenvalue weighted by molar-refractivity contribution is 0.121. The van der Waals surface area contributed by atoms with E-state index in [1.807, 2.05) is 30.3 Å². The summed E-state index contributed by atoms with van der Waals surface area (Å²) in [5.41, 5.74) is 1.03. The maximum atomic E-state index is 10.8. The molecule has 152 valence electrons. The van der Waals surface area contributed by atoms with Crippen molar-refractivity contribution in [1.29, 1.82) is 0 Å². The number of halogens is 2. The molecule has 2 rings (SSSR count). The van der Waals surface area contributed by atoms with E-state index in [9.17, 15) is 5.11 Å². The highest BCUT2D eigenvalue weighted by Gasteiger charge is 2.20. The second-order valence-electron chi connectivity index (χ2n) is 7.17. The molecule has 0 saturated carbocycles. The molecule has 1 fully saturated rings. The number of aliphatic hydroxyl groups is 1. The molecule has 0 aromatic heterocycles. The Kier molecular flexibility index (Phi) is 15.5. The third-order valence-corrected chi connectivity index (χ3v) is 5.15. The molecule has 0 bridgehead atoms.